The topological polar surface area (TPSA) is 69.8 Å². The van der Waals surface area contributed by atoms with Crippen LogP contribution in [0.1, 0.15) is 18.5 Å². The van der Waals surface area contributed by atoms with E-state index in [1.165, 1.54) is 0 Å². The van der Waals surface area contributed by atoms with Gasteiger partial charge in [-0.3, -0.25) is 4.79 Å². The molecule has 140 valence electrons. The SMILES string of the molecule is CC(C(=O)N1CCN(c2ccccc2O)CC1)C(N)c1ccccc1.Cl. The Morgan fingerprint density at radius 3 is 2.19 bits per heavy atom. The molecule has 0 saturated carbocycles. The number of nitrogens with two attached hydrogens (primary N) is 1. The maximum absolute atomic E-state index is 12.8. The van der Waals surface area contributed by atoms with Crippen molar-refractivity contribution in [2.24, 2.45) is 11.7 Å². The summed E-state index contributed by atoms with van der Waals surface area (Å²) in [6.45, 7) is 4.58. The quantitative estimate of drug-likeness (QED) is 0.862. The second kappa shape index (κ2) is 8.92. The maximum Gasteiger partial charge on any atom is 0.227 e. The van der Waals surface area contributed by atoms with Gasteiger partial charge < -0.3 is 20.6 Å². The van der Waals surface area contributed by atoms with Crippen molar-refractivity contribution in [1.29, 1.82) is 0 Å². The van der Waals surface area contributed by atoms with Gasteiger partial charge in [0, 0.05) is 32.2 Å². The number of piperazine rings is 1. The third-order valence-corrected chi connectivity index (χ3v) is 4.93. The number of phenolic OH excluding ortho intramolecular Hbond substituents is 1. The van der Waals surface area contributed by atoms with E-state index < -0.39 is 0 Å². The molecule has 1 saturated heterocycles. The number of hydrogen-bond donors (Lipinski definition) is 2. The Labute approximate surface area is 160 Å². The zero-order valence-corrected chi connectivity index (χ0v) is 15.7. The van der Waals surface area contributed by atoms with Crippen LogP contribution in [0.3, 0.4) is 0 Å². The Balaban J connectivity index is 0.00000243. The minimum atomic E-state index is -0.301. The summed E-state index contributed by atoms with van der Waals surface area (Å²) in [7, 11) is 0. The molecule has 0 radical (unpaired) electrons. The van der Waals surface area contributed by atoms with E-state index >= 15 is 0 Å². The first-order chi connectivity index (χ1) is 12.1. The number of halogens is 1. The van der Waals surface area contributed by atoms with Crippen molar-refractivity contribution in [1.82, 2.24) is 4.90 Å². The summed E-state index contributed by atoms with van der Waals surface area (Å²) >= 11 is 0. The van der Waals surface area contributed by atoms with E-state index in [1.54, 1.807) is 6.07 Å². The first-order valence-corrected chi connectivity index (χ1v) is 8.70. The highest BCUT2D eigenvalue weighted by atomic mass is 35.5. The van der Waals surface area contributed by atoms with Gasteiger partial charge in [0.05, 0.1) is 11.6 Å². The van der Waals surface area contributed by atoms with Crippen LogP contribution in [-0.4, -0.2) is 42.1 Å². The molecule has 2 atom stereocenters. The molecule has 3 N–H and O–H groups in total. The van der Waals surface area contributed by atoms with Gasteiger partial charge in [0.25, 0.3) is 0 Å². The summed E-state index contributed by atoms with van der Waals surface area (Å²) in [5.41, 5.74) is 8.10. The van der Waals surface area contributed by atoms with Gasteiger partial charge in [0.1, 0.15) is 5.75 Å². The maximum atomic E-state index is 12.8. The smallest absolute Gasteiger partial charge is 0.227 e. The number of aromatic hydroxyl groups is 1. The number of carbonyl (C=O) groups is 1. The van der Waals surface area contributed by atoms with Crippen LogP contribution in [0.4, 0.5) is 5.69 Å². The summed E-state index contributed by atoms with van der Waals surface area (Å²) in [5, 5.41) is 9.99. The van der Waals surface area contributed by atoms with Gasteiger partial charge in [-0.2, -0.15) is 0 Å². The lowest BCUT2D eigenvalue weighted by Gasteiger charge is -2.38. The van der Waals surface area contributed by atoms with E-state index in [2.05, 4.69) is 4.90 Å². The van der Waals surface area contributed by atoms with Crippen molar-refractivity contribution < 1.29 is 9.90 Å². The van der Waals surface area contributed by atoms with Crippen LogP contribution in [0, 0.1) is 5.92 Å². The van der Waals surface area contributed by atoms with Crippen molar-refractivity contribution >= 4 is 24.0 Å². The van der Waals surface area contributed by atoms with E-state index in [4.69, 9.17) is 5.73 Å². The van der Waals surface area contributed by atoms with Crippen molar-refractivity contribution in [2.75, 3.05) is 31.1 Å². The van der Waals surface area contributed by atoms with Gasteiger partial charge in [-0.15, -0.1) is 12.4 Å². The number of carbonyl (C=O) groups excluding carboxylic acids is 1. The Morgan fingerprint density at radius 2 is 1.58 bits per heavy atom. The van der Waals surface area contributed by atoms with Gasteiger partial charge in [-0.05, 0) is 17.7 Å². The van der Waals surface area contributed by atoms with E-state index in [9.17, 15) is 9.90 Å². The average molecular weight is 376 g/mol. The highest BCUT2D eigenvalue weighted by Gasteiger charge is 2.29. The van der Waals surface area contributed by atoms with Crippen LogP contribution in [0.2, 0.25) is 0 Å². The van der Waals surface area contributed by atoms with E-state index in [1.807, 2.05) is 60.4 Å². The zero-order valence-electron chi connectivity index (χ0n) is 14.9. The predicted molar refractivity (Wildman–Crippen MR) is 107 cm³/mol. The Bertz CT molecular complexity index is 718. The molecule has 2 aromatic carbocycles. The predicted octanol–water partition coefficient (Wildman–Crippen LogP) is 2.80. The van der Waals surface area contributed by atoms with Gasteiger partial charge >= 0.3 is 0 Å². The molecule has 3 rings (SSSR count). The first kappa shape index (κ1) is 20.1. The lowest BCUT2D eigenvalue weighted by Crippen LogP contribution is -2.51. The molecule has 1 aliphatic rings. The number of phenols is 1. The number of rotatable bonds is 4. The van der Waals surface area contributed by atoms with Gasteiger partial charge in [0.15, 0.2) is 0 Å². The zero-order chi connectivity index (χ0) is 17.8. The van der Waals surface area contributed by atoms with Crippen molar-refractivity contribution in [2.45, 2.75) is 13.0 Å². The first-order valence-electron chi connectivity index (χ1n) is 8.70. The second-order valence-corrected chi connectivity index (χ2v) is 6.53. The molecule has 1 heterocycles. The average Bonchev–Trinajstić information content (AvgIpc) is 2.67. The molecular weight excluding hydrogens is 350 g/mol. The molecule has 0 aliphatic carbocycles. The van der Waals surface area contributed by atoms with Crippen LogP contribution in [0.5, 0.6) is 5.75 Å². The summed E-state index contributed by atoms with van der Waals surface area (Å²) in [6, 6.07) is 16.8. The van der Waals surface area contributed by atoms with Crippen LogP contribution < -0.4 is 10.6 Å². The highest BCUT2D eigenvalue weighted by molar-refractivity contribution is 5.85. The highest BCUT2D eigenvalue weighted by Crippen LogP contribution is 2.28. The molecule has 2 unspecified atom stereocenters. The Kier molecular flexibility index (Phi) is 6.89. The number of benzene rings is 2. The molecule has 0 aromatic heterocycles. The van der Waals surface area contributed by atoms with E-state index in [-0.39, 0.29) is 36.0 Å². The fourth-order valence-electron chi connectivity index (χ4n) is 3.30. The van der Waals surface area contributed by atoms with Crippen molar-refractivity contribution in [3.8, 4) is 5.75 Å². The lowest BCUT2D eigenvalue weighted by atomic mass is 9.94. The minimum absolute atomic E-state index is 0. The van der Waals surface area contributed by atoms with Crippen molar-refractivity contribution in [3.05, 3.63) is 60.2 Å². The van der Waals surface area contributed by atoms with Crippen LogP contribution in [0.25, 0.3) is 0 Å². The molecule has 1 aliphatic heterocycles. The van der Waals surface area contributed by atoms with E-state index in [0.717, 1.165) is 11.3 Å². The van der Waals surface area contributed by atoms with E-state index in [0.29, 0.717) is 26.2 Å². The second-order valence-electron chi connectivity index (χ2n) is 6.53. The lowest BCUT2D eigenvalue weighted by molar-refractivity contribution is -0.136. The molecule has 2 aromatic rings. The van der Waals surface area contributed by atoms with Gasteiger partial charge in [0.2, 0.25) is 5.91 Å². The fraction of sp³-hybridized carbons (Fsp3) is 0.350. The monoisotopic (exact) mass is 375 g/mol. The molecule has 1 amide bonds. The number of para-hydroxylation sites is 2. The largest absolute Gasteiger partial charge is 0.506 e. The number of amides is 1. The number of hydrogen-bond acceptors (Lipinski definition) is 4. The van der Waals surface area contributed by atoms with Crippen molar-refractivity contribution in [3.63, 3.8) is 0 Å². The molecule has 1 fully saturated rings. The normalized spacial score (nSPS) is 16.5. The number of nitrogens with zero attached hydrogens (tertiary/aromatic N) is 2. The molecule has 6 heteroatoms. The third kappa shape index (κ3) is 4.29. The molecule has 26 heavy (non-hydrogen) atoms. The standard InChI is InChI=1S/C20H25N3O2.ClH/c1-15(19(21)16-7-3-2-4-8-16)20(25)23-13-11-22(12-14-23)17-9-5-6-10-18(17)24;/h2-10,15,19,24H,11-14,21H2,1H3;1H. The third-order valence-electron chi connectivity index (χ3n) is 4.93. The summed E-state index contributed by atoms with van der Waals surface area (Å²) in [4.78, 5) is 16.8. The molecule has 5 nitrogen and oxygen atoms in total. The Hall–Kier alpha value is -2.24. The molecule has 0 bridgehead atoms. The number of anilines is 1. The summed E-state index contributed by atoms with van der Waals surface area (Å²) in [6.07, 6.45) is 0. The summed E-state index contributed by atoms with van der Waals surface area (Å²) < 4.78 is 0. The van der Waals surface area contributed by atoms with Gasteiger partial charge in [-0.1, -0.05) is 49.4 Å². The van der Waals surface area contributed by atoms with Crippen LogP contribution >= 0.6 is 12.4 Å². The van der Waals surface area contributed by atoms with Gasteiger partial charge in [-0.25, -0.2) is 0 Å². The van der Waals surface area contributed by atoms with Crippen LogP contribution in [0.15, 0.2) is 54.6 Å². The molecular formula is C20H26ClN3O2. The molecule has 0 spiro atoms. The van der Waals surface area contributed by atoms with Crippen LogP contribution in [-0.2, 0) is 4.79 Å². The fourth-order valence-corrected chi connectivity index (χ4v) is 3.30. The minimum Gasteiger partial charge on any atom is -0.506 e. The Morgan fingerprint density at radius 1 is 1.00 bits per heavy atom. The summed E-state index contributed by atoms with van der Waals surface area (Å²) in [5.74, 6) is 0.106.